The predicted molar refractivity (Wildman–Crippen MR) is 101 cm³/mol. The van der Waals surface area contributed by atoms with Crippen LogP contribution in [-0.4, -0.2) is 43.4 Å². The number of pyridine rings is 1. The quantitative estimate of drug-likeness (QED) is 0.643. The van der Waals surface area contributed by atoms with E-state index in [1.54, 1.807) is 28.0 Å². The van der Waals surface area contributed by atoms with Crippen molar-refractivity contribution in [3.63, 3.8) is 0 Å². The Balaban J connectivity index is 1.43. The van der Waals surface area contributed by atoms with Crippen molar-refractivity contribution in [1.82, 2.24) is 24.9 Å². The van der Waals surface area contributed by atoms with Gasteiger partial charge in [-0.3, -0.25) is 9.78 Å². The molecule has 1 aliphatic rings. The molecule has 0 bridgehead atoms. The summed E-state index contributed by atoms with van der Waals surface area (Å²) in [5, 5.41) is 8.34. The lowest BCUT2D eigenvalue weighted by Gasteiger charge is -2.28. The topological polar surface area (TPSA) is 89.9 Å². The number of aromatic nitrogens is 4. The van der Waals surface area contributed by atoms with E-state index >= 15 is 0 Å². The van der Waals surface area contributed by atoms with Crippen molar-refractivity contribution in [2.24, 2.45) is 5.73 Å². The highest BCUT2D eigenvalue weighted by Gasteiger charge is 2.27. The van der Waals surface area contributed by atoms with Gasteiger partial charge in [-0.1, -0.05) is 5.21 Å². The molecule has 0 radical (unpaired) electrons. The van der Waals surface area contributed by atoms with E-state index in [1.165, 1.54) is 0 Å². The molecule has 0 saturated carbocycles. The maximum atomic E-state index is 13.8. The van der Waals surface area contributed by atoms with Crippen LogP contribution in [0.2, 0.25) is 0 Å². The van der Waals surface area contributed by atoms with Crippen LogP contribution in [0.4, 0.5) is 13.2 Å². The smallest absolute Gasteiger partial charge is 0.224 e. The Hall–Kier alpha value is -3.27. The lowest BCUT2D eigenvalue weighted by Crippen LogP contribution is -2.41. The molecule has 7 nitrogen and oxygen atoms in total. The summed E-state index contributed by atoms with van der Waals surface area (Å²) in [6.45, 7) is 1.23. The van der Waals surface area contributed by atoms with Gasteiger partial charge in [0.15, 0.2) is 11.6 Å². The van der Waals surface area contributed by atoms with E-state index in [4.69, 9.17) is 5.73 Å². The Bertz CT molecular complexity index is 1070. The Morgan fingerprint density at radius 2 is 1.97 bits per heavy atom. The minimum atomic E-state index is -1.26. The second kappa shape index (κ2) is 8.23. The lowest BCUT2D eigenvalue weighted by atomic mass is 10.0. The van der Waals surface area contributed by atoms with Crippen LogP contribution >= 0.6 is 0 Å². The number of carbonyl (C=O) groups excluding carboxylic acids is 1. The second-order valence-electron chi connectivity index (χ2n) is 7.19. The van der Waals surface area contributed by atoms with Crippen LogP contribution in [0, 0.1) is 17.5 Å². The number of carbonyl (C=O) groups is 1. The van der Waals surface area contributed by atoms with Crippen LogP contribution in [0.3, 0.4) is 0 Å². The van der Waals surface area contributed by atoms with Gasteiger partial charge in [0.25, 0.3) is 0 Å². The molecular weight excluding hydrogens is 397 g/mol. The third-order valence-electron chi connectivity index (χ3n) is 5.06. The first-order valence-corrected chi connectivity index (χ1v) is 9.42. The first kappa shape index (κ1) is 20.0. The first-order chi connectivity index (χ1) is 14.4. The summed E-state index contributed by atoms with van der Waals surface area (Å²) in [6, 6.07) is 4.19. The number of hydrogen-bond donors (Lipinski definition) is 1. The molecular formula is C20H19F3N6O. The summed E-state index contributed by atoms with van der Waals surface area (Å²) in [6.07, 6.45) is 3.20. The molecule has 4 rings (SSSR count). The zero-order valence-corrected chi connectivity index (χ0v) is 15.9. The Morgan fingerprint density at radius 1 is 1.17 bits per heavy atom. The Kier molecular flexibility index (Phi) is 5.49. The van der Waals surface area contributed by atoms with Crippen molar-refractivity contribution < 1.29 is 18.0 Å². The van der Waals surface area contributed by atoms with Crippen molar-refractivity contribution in [3.05, 3.63) is 65.4 Å². The molecule has 1 aliphatic heterocycles. The third-order valence-corrected chi connectivity index (χ3v) is 5.06. The van der Waals surface area contributed by atoms with Crippen LogP contribution in [0.25, 0.3) is 11.3 Å². The van der Waals surface area contributed by atoms with Gasteiger partial charge in [-0.15, -0.1) is 5.10 Å². The number of rotatable bonds is 5. The normalized spacial score (nSPS) is 14.5. The SMILES string of the molecule is N[C@@H](CC(=O)N1CCn2nnc(-c3cccnc3)c2C1)Cc1cc(F)c(F)cc1F. The van der Waals surface area contributed by atoms with Gasteiger partial charge in [0.1, 0.15) is 11.5 Å². The van der Waals surface area contributed by atoms with Gasteiger partial charge >= 0.3 is 0 Å². The van der Waals surface area contributed by atoms with Crippen molar-refractivity contribution in [2.45, 2.75) is 32.0 Å². The number of amides is 1. The van der Waals surface area contributed by atoms with Gasteiger partial charge in [0, 0.05) is 43.0 Å². The first-order valence-electron chi connectivity index (χ1n) is 9.42. The molecule has 10 heteroatoms. The maximum Gasteiger partial charge on any atom is 0.224 e. The molecule has 0 unspecified atom stereocenters. The summed E-state index contributed by atoms with van der Waals surface area (Å²) in [7, 11) is 0. The molecule has 0 spiro atoms. The fraction of sp³-hybridized carbons (Fsp3) is 0.300. The van der Waals surface area contributed by atoms with E-state index in [0.717, 1.165) is 17.3 Å². The lowest BCUT2D eigenvalue weighted by molar-refractivity contribution is -0.133. The largest absolute Gasteiger partial charge is 0.335 e. The molecule has 156 valence electrons. The van der Waals surface area contributed by atoms with E-state index in [9.17, 15) is 18.0 Å². The minimum Gasteiger partial charge on any atom is -0.335 e. The standard InChI is InChI=1S/C20H19F3N6O/c21-15-9-17(23)16(22)7-13(15)6-14(24)8-19(30)28-4-5-29-18(11-28)20(26-27-29)12-2-1-3-25-10-12/h1-3,7,9-10,14H,4-6,8,11,24H2/t14-/m1/s1. The summed E-state index contributed by atoms with van der Waals surface area (Å²) < 4.78 is 42.0. The molecule has 3 heterocycles. The van der Waals surface area contributed by atoms with Crippen molar-refractivity contribution in [2.75, 3.05) is 6.54 Å². The van der Waals surface area contributed by atoms with E-state index in [1.807, 2.05) is 6.07 Å². The summed E-state index contributed by atoms with van der Waals surface area (Å²) >= 11 is 0. The van der Waals surface area contributed by atoms with E-state index in [2.05, 4.69) is 15.3 Å². The minimum absolute atomic E-state index is 0.0533. The summed E-state index contributed by atoms with van der Waals surface area (Å²) in [5.41, 5.74) is 8.20. The monoisotopic (exact) mass is 416 g/mol. The van der Waals surface area contributed by atoms with Crippen molar-refractivity contribution >= 4 is 5.91 Å². The van der Waals surface area contributed by atoms with Crippen molar-refractivity contribution in [1.29, 1.82) is 0 Å². The van der Waals surface area contributed by atoms with Gasteiger partial charge in [0.05, 0.1) is 18.8 Å². The fourth-order valence-electron chi connectivity index (χ4n) is 3.51. The van der Waals surface area contributed by atoms with Gasteiger partial charge in [0.2, 0.25) is 5.91 Å². The number of nitrogens with two attached hydrogens (primary N) is 1. The fourth-order valence-corrected chi connectivity index (χ4v) is 3.51. The van der Waals surface area contributed by atoms with E-state index in [0.29, 0.717) is 31.4 Å². The second-order valence-corrected chi connectivity index (χ2v) is 7.19. The number of nitrogens with zero attached hydrogens (tertiary/aromatic N) is 5. The third kappa shape index (κ3) is 4.04. The van der Waals surface area contributed by atoms with E-state index in [-0.39, 0.29) is 24.3 Å². The number of fused-ring (bicyclic) bond motifs is 1. The van der Waals surface area contributed by atoms with Crippen LogP contribution in [0.15, 0.2) is 36.7 Å². The summed E-state index contributed by atoms with van der Waals surface area (Å²) in [4.78, 5) is 18.5. The molecule has 1 amide bonds. The number of benzene rings is 1. The zero-order chi connectivity index (χ0) is 21.3. The molecule has 0 fully saturated rings. The Morgan fingerprint density at radius 3 is 2.73 bits per heavy atom. The van der Waals surface area contributed by atoms with Crippen LogP contribution < -0.4 is 5.73 Å². The zero-order valence-electron chi connectivity index (χ0n) is 15.9. The van der Waals surface area contributed by atoms with Crippen LogP contribution in [0.5, 0.6) is 0 Å². The number of halogens is 3. The highest BCUT2D eigenvalue weighted by atomic mass is 19.2. The van der Waals surface area contributed by atoms with Crippen LogP contribution in [0.1, 0.15) is 17.7 Å². The highest BCUT2D eigenvalue weighted by molar-refractivity contribution is 5.77. The van der Waals surface area contributed by atoms with Crippen molar-refractivity contribution in [3.8, 4) is 11.3 Å². The van der Waals surface area contributed by atoms with Gasteiger partial charge in [-0.05, 0) is 30.2 Å². The average molecular weight is 416 g/mol. The molecule has 1 atom stereocenters. The maximum absolute atomic E-state index is 13.8. The van der Waals surface area contributed by atoms with Crippen LogP contribution in [-0.2, 0) is 24.3 Å². The predicted octanol–water partition coefficient (Wildman–Crippen LogP) is 2.06. The molecule has 30 heavy (non-hydrogen) atoms. The molecule has 0 aliphatic carbocycles. The van der Waals surface area contributed by atoms with Gasteiger partial charge in [-0.25, -0.2) is 17.9 Å². The molecule has 2 aromatic heterocycles. The van der Waals surface area contributed by atoms with Gasteiger partial charge < -0.3 is 10.6 Å². The average Bonchev–Trinajstić information content (AvgIpc) is 3.16. The molecule has 3 aromatic rings. The van der Waals surface area contributed by atoms with Gasteiger partial charge in [-0.2, -0.15) is 0 Å². The molecule has 1 aromatic carbocycles. The molecule has 2 N–H and O–H groups in total. The van der Waals surface area contributed by atoms with E-state index < -0.39 is 23.5 Å². The number of hydrogen-bond acceptors (Lipinski definition) is 5. The molecule has 0 saturated heterocycles. The highest BCUT2D eigenvalue weighted by Crippen LogP contribution is 2.24. The summed E-state index contributed by atoms with van der Waals surface area (Å²) in [5.74, 6) is -3.51. The Labute approximate surface area is 170 Å².